The molecule has 0 saturated heterocycles. The molecule has 0 radical (unpaired) electrons. The first-order chi connectivity index (χ1) is 6.62. The lowest BCUT2D eigenvalue weighted by Gasteiger charge is -2.20. The number of hydrogen-bond donors (Lipinski definition) is 2. The van der Waals surface area contributed by atoms with E-state index in [1.165, 1.54) is 5.57 Å². The lowest BCUT2D eigenvalue weighted by Crippen LogP contribution is -2.23. The van der Waals surface area contributed by atoms with Crippen LogP contribution in [0.5, 0.6) is 0 Å². The second-order valence-electron chi connectivity index (χ2n) is 5.16. The van der Waals surface area contributed by atoms with E-state index in [0.29, 0.717) is 6.42 Å². The summed E-state index contributed by atoms with van der Waals surface area (Å²) in [6.07, 6.45) is 6.93. The third-order valence-corrected chi connectivity index (χ3v) is 2.05. The summed E-state index contributed by atoms with van der Waals surface area (Å²) in [5.74, 6) is 0. The molecule has 0 spiro atoms. The van der Waals surface area contributed by atoms with Crippen LogP contribution in [0.2, 0.25) is 0 Å². The summed E-state index contributed by atoms with van der Waals surface area (Å²) in [4.78, 5) is 0. The standard InChI is InChI=1S/C13H24O2/c1-11(2)7-6-8-13(5,15)10-9-12(3,4)14/h7,9-10,14-15H,6,8H2,1-5H3. The van der Waals surface area contributed by atoms with Crippen molar-refractivity contribution in [2.24, 2.45) is 0 Å². The fourth-order valence-electron chi connectivity index (χ4n) is 1.12. The summed E-state index contributed by atoms with van der Waals surface area (Å²) < 4.78 is 0. The average Bonchev–Trinajstić information content (AvgIpc) is 1.99. The summed E-state index contributed by atoms with van der Waals surface area (Å²) in [7, 11) is 0. The molecule has 0 amide bonds. The molecule has 1 atom stereocenters. The van der Waals surface area contributed by atoms with Gasteiger partial charge in [-0.25, -0.2) is 0 Å². The largest absolute Gasteiger partial charge is 0.386 e. The minimum Gasteiger partial charge on any atom is -0.386 e. The molecule has 0 fully saturated rings. The summed E-state index contributed by atoms with van der Waals surface area (Å²) in [6, 6.07) is 0. The quantitative estimate of drug-likeness (QED) is 0.688. The van der Waals surface area contributed by atoms with Crippen LogP contribution in [0.4, 0.5) is 0 Å². The Morgan fingerprint density at radius 1 is 1.07 bits per heavy atom. The van der Waals surface area contributed by atoms with Gasteiger partial charge in [0.25, 0.3) is 0 Å². The van der Waals surface area contributed by atoms with Crippen LogP contribution < -0.4 is 0 Å². The number of hydrogen-bond acceptors (Lipinski definition) is 2. The molecule has 0 bridgehead atoms. The number of allylic oxidation sites excluding steroid dienone is 2. The van der Waals surface area contributed by atoms with Crippen LogP contribution in [0, 0.1) is 0 Å². The smallest absolute Gasteiger partial charge is 0.0803 e. The fourth-order valence-corrected chi connectivity index (χ4v) is 1.12. The second kappa shape index (κ2) is 5.47. The molecule has 0 aliphatic carbocycles. The van der Waals surface area contributed by atoms with Gasteiger partial charge in [-0.15, -0.1) is 0 Å². The van der Waals surface area contributed by atoms with Gasteiger partial charge >= 0.3 is 0 Å². The van der Waals surface area contributed by atoms with Crippen molar-refractivity contribution in [2.45, 2.75) is 58.7 Å². The molecule has 0 aromatic carbocycles. The molecule has 0 aliphatic heterocycles. The number of rotatable bonds is 5. The van der Waals surface area contributed by atoms with E-state index in [1.54, 1.807) is 32.9 Å². The minimum absolute atomic E-state index is 0.671. The van der Waals surface area contributed by atoms with Gasteiger partial charge in [0.05, 0.1) is 11.2 Å². The molecule has 15 heavy (non-hydrogen) atoms. The Hall–Kier alpha value is -0.600. The van der Waals surface area contributed by atoms with Crippen molar-refractivity contribution in [1.82, 2.24) is 0 Å². The van der Waals surface area contributed by atoms with E-state index < -0.39 is 11.2 Å². The highest BCUT2D eigenvalue weighted by molar-refractivity contribution is 5.06. The van der Waals surface area contributed by atoms with E-state index in [9.17, 15) is 10.2 Å². The summed E-state index contributed by atoms with van der Waals surface area (Å²) in [5.41, 5.74) is -0.441. The van der Waals surface area contributed by atoms with Gasteiger partial charge in [0.1, 0.15) is 0 Å². The topological polar surface area (TPSA) is 40.5 Å². The van der Waals surface area contributed by atoms with E-state index in [2.05, 4.69) is 6.08 Å². The molecule has 0 heterocycles. The summed E-state index contributed by atoms with van der Waals surface area (Å²) >= 11 is 0. The van der Waals surface area contributed by atoms with Crippen molar-refractivity contribution < 1.29 is 10.2 Å². The maximum absolute atomic E-state index is 9.96. The molecular weight excluding hydrogens is 188 g/mol. The molecule has 1 unspecified atom stereocenters. The summed E-state index contributed by atoms with van der Waals surface area (Å²) in [6.45, 7) is 9.22. The zero-order chi connectivity index (χ0) is 12.1. The van der Waals surface area contributed by atoms with Gasteiger partial charge in [-0.3, -0.25) is 0 Å². The van der Waals surface area contributed by atoms with Crippen LogP contribution in [-0.2, 0) is 0 Å². The Labute approximate surface area is 93.3 Å². The Bertz CT molecular complexity index is 238. The molecule has 2 nitrogen and oxygen atoms in total. The van der Waals surface area contributed by atoms with Gasteiger partial charge in [0, 0.05) is 0 Å². The molecule has 0 aromatic heterocycles. The first kappa shape index (κ1) is 14.4. The Morgan fingerprint density at radius 2 is 1.60 bits per heavy atom. The molecule has 2 N–H and O–H groups in total. The maximum Gasteiger partial charge on any atom is 0.0803 e. The first-order valence-corrected chi connectivity index (χ1v) is 5.41. The van der Waals surface area contributed by atoms with Crippen LogP contribution in [0.3, 0.4) is 0 Å². The number of aliphatic hydroxyl groups is 2. The maximum atomic E-state index is 9.96. The lowest BCUT2D eigenvalue weighted by atomic mass is 9.96. The molecule has 2 heteroatoms. The first-order valence-electron chi connectivity index (χ1n) is 5.41. The van der Waals surface area contributed by atoms with E-state index in [4.69, 9.17) is 0 Å². The monoisotopic (exact) mass is 212 g/mol. The van der Waals surface area contributed by atoms with E-state index in [-0.39, 0.29) is 0 Å². The third kappa shape index (κ3) is 9.70. The van der Waals surface area contributed by atoms with Crippen LogP contribution in [-0.4, -0.2) is 21.4 Å². The SMILES string of the molecule is CC(C)=CCCC(C)(O)C=CC(C)(C)O. The highest BCUT2D eigenvalue weighted by Gasteiger charge is 2.17. The average molecular weight is 212 g/mol. The van der Waals surface area contributed by atoms with E-state index in [0.717, 1.165) is 6.42 Å². The fraction of sp³-hybridized carbons (Fsp3) is 0.692. The zero-order valence-corrected chi connectivity index (χ0v) is 10.5. The van der Waals surface area contributed by atoms with Crippen molar-refractivity contribution in [1.29, 1.82) is 0 Å². The molecule has 0 saturated carbocycles. The van der Waals surface area contributed by atoms with Gasteiger partial charge in [-0.1, -0.05) is 23.8 Å². The van der Waals surface area contributed by atoms with Crippen molar-refractivity contribution in [3.05, 3.63) is 23.8 Å². The van der Waals surface area contributed by atoms with Crippen LogP contribution in [0.25, 0.3) is 0 Å². The predicted octanol–water partition coefficient (Wildman–Crippen LogP) is 2.81. The molecule has 0 aromatic rings. The Balaban J connectivity index is 4.19. The van der Waals surface area contributed by atoms with Crippen LogP contribution in [0.15, 0.2) is 23.8 Å². The van der Waals surface area contributed by atoms with Gasteiger partial charge in [-0.2, -0.15) is 0 Å². The predicted molar refractivity (Wildman–Crippen MR) is 64.7 cm³/mol. The zero-order valence-electron chi connectivity index (χ0n) is 10.5. The van der Waals surface area contributed by atoms with E-state index in [1.807, 2.05) is 13.8 Å². The van der Waals surface area contributed by atoms with Gasteiger partial charge in [0.15, 0.2) is 0 Å². The van der Waals surface area contributed by atoms with Crippen LogP contribution in [0.1, 0.15) is 47.5 Å². The molecular formula is C13H24O2. The van der Waals surface area contributed by atoms with Gasteiger partial charge in [-0.05, 0) is 47.5 Å². The third-order valence-electron chi connectivity index (χ3n) is 2.05. The molecule has 0 aliphatic rings. The second-order valence-corrected chi connectivity index (χ2v) is 5.16. The van der Waals surface area contributed by atoms with Gasteiger partial charge in [0.2, 0.25) is 0 Å². The van der Waals surface area contributed by atoms with Crippen molar-refractivity contribution in [3.63, 3.8) is 0 Å². The molecule has 88 valence electrons. The highest BCUT2D eigenvalue weighted by atomic mass is 16.3. The Morgan fingerprint density at radius 3 is 2.00 bits per heavy atom. The summed E-state index contributed by atoms with van der Waals surface area (Å²) in [5, 5.41) is 19.4. The van der Waals surface area contributed by atoms with Crippen molar-refractivity contribution in [3.8, 4) is 0 Å². The van der Waals surface area contributed by atoms with Crippen LogP contribution >= 0.6 is 0 Å². The van der Waals surface area contributed by atoms with E-state index >= 15 is 0 Å². The normalized spacial score (nSPS) is 16.5. The van der Waals surface area contributed by atoms with Crippen molar-refractivity contribution in [2.75, 3.05) is 0 Å². The van der Waals surface area contributed by atoms with Gasteiger partial charge < -0.3 is 10.2 Å². The van der Waals surface area contributed by atoms with Crippen molar-refractivity contribution >= 4 is 0 Å². The highest BCUT2D eigenvalue weighted by Crippen LogP contribution is 2.17. The minimum atomic E-state index is -0.861. The Kier molecular flexibility index (Phi) is 5.26. The lowest BCUT2D eigenvalue weighted by molar-refractivity contribution is 0.0943. The molecule has 0 rings (SSSR count).